The van der Waals surface area contributed by atoms with Crippen molar-refractivity contribution in [1.82, 2.24) is 19.7 Å². The molecule has 0 amide bonds. The van der Waals surface area contributed by atoms with E-state index >= 15 is 0 Å². The van der Waals surface area contributed by atoms with E-state index in [-0.39, 0.29) is 12.3 Å². The molecule has 1 N–H and O–H groups in total. The van der Waals surface area contributed by atoms with Crippen LogP contribution in [0.15, 0.2) is 47.1 Å². The highest BCUT2D eigenvalue weighted by atomic mass is 16.5. The summed E-state index contributed by atoms with van der Waals surface area (Å²) in [7, 11) is 0. The Hall–Kier alpha value is -3.48. The number of benzene rings is 1. The number of rotatable bonds is 4. The topological polar surface area (TPSA) is 94.0 Å². The van der Waals surface area contributed by atoms with Crippen molar-refractivity contribution in [3.05, 3.63) is 54.0 Å². The van der Waals surface area contributed by atoms with E-state index in [4.69, 9.17) is 9.63 Å². The summed E-state index contributed by atoms with van der Waals surface area (Å²) < 4.78 is 7.66. The van der Waals surface area contributed by atoms with Crippen LogP contribution in [0.5, 0.6) is 0 Å². The number of aliphatic carboxylic acids is 1. The minimum Gasteiger partial charge on any atom is -0.481 e. The Labute approximate surface area is 160 Å². The Balaban J connectivity index is 1.51. The molecule has 1 atom stereocenters. The van der Waals surface area contributed by atoms with Gasteiger partial charge in [-0.1, -0.05) is 5.16 Å². The fourth-order valence-corrected chi connectivity index (χ4v) is 4.03. The summed E-state index contributed by atoms with van der Waals surface area (Å²) in [5.41, 5.74) is 4.72. The second kappa shape index (κ2) is 6.30. The molecule has 1 aliphatic rings. The summed E-state index contributed by atoms with van der Waals surface area (Å²) in [5.74, 6) is 0.281. The third-order valence-electron chi connectivity index (χ3n) is 5.40. The molecular weight excluding hydrogens is 356 g/mol. The van der Waals surface area contributed by atoms with Gasteiger partial charge in [-0.15, -0.1) is 0 Å². The molecule has 0 unspecified atom stereocenters. The molecule has 3 aromatic heterocycles. The summed E-state index contributed by atoms with van der Waals surface area (Å²) >= 11 is 0. The van der Waals surface area contributed by atoms with Gasteiger partial charge in [-0.2, -0.15) is 4.98 Å². The minimum absolute atomic E-state index is 0.0682. The number of hydrogen-bond donors (Lipinski definition) is 1. The molecule has 0 saturated heterocycles. The Bertz CT molecular complexity index is 1210. The SMILES string of the molecule is Cc1ncccc1-c1nc(-c2ccc3c(c2)cc2n3CC[C@H]2CC(=O)O)no1. The number of carbonyl (C=O) groups is 1. The first-order chi connectivity index (χ1) is 13.6. The van der Waals surface area contributed by atoms with Crippen LogP contribution in [-0.4, -0.2) is 30.8 Å². The molecule has 0 fully saturated rings. The molecule has 0 aliphatic carbocycles. The molecule has 140 valence electrons. The molecule has 5 rings (SSSR count). The molecule has 4 heterocycles. The summed E-state index contributed by atoms with van der Waals surface area (Å²) in [6, 6.07) is 11.9. The van der Waals surface area contributed by atoms with Gasteiger partial charge in [0.2, 0.25) is 5.82 Å². The van der Waals surface area contributed by atoms with Crippen molar-refractivity contribution in [2.75, 3.05) is 0 Å². The van der Waals surface area contributed by atoms with Gasteiger partial charge >= 0.3 is 5.97 Å². The second-order valence-electron chi connectivity index (χ2n) is 7.14. The third kappa shape index (κ3) is 2.67. The largest absolute Gasteiger partial charge is 0.481 e. The van der Waals surface area contributed by atoms with E-state index in [0.717, 1.165) is 46.4 Å². The quantitative estimate of drug-likeness (QED) is 0.580. The number of carboxylic acid groups (broad SMARTS) is 1. The van der Waals surface area contributed by atoms with Crippen LogP contribution in [0.2, 0.25) is 0 Å². The smallest absolute Gasteiger partial charge is 0.304 e. The Morgan fingerprint density at radius 3 is 3.04 bits per heavy atom. The van der Waals surface area contributed by atoms with Gasteiger partial charge < -0.3 is 14.2 Å². The lowest BCUT2D eigenvalue weighted by molar-refractivity contribution is -0.137. The molecule has 0 bridgehead atoms. The fraction of sp³-hybridized carbons (Fsp3) is 0.238. The molecule has 1 aromatic carbocycles. The van der Waals surface area contributed by atoms with Gasteiger partial charge in [-0.25, -0.2) is 0 Å². The van der Waals surface area contributed by atoms with Crippen LogP contribution >= 0.6 is 0 Å². The Kier molecular flexibility index (Phi) is 3.75. The highest BCUT2D eigenvalue weighted by Crippen LogP contribution is 2.37. The number of hydrogen-bond acceptors (Lipinski definition) is 5. The lowest BCUT2D eigenvalue weighted by Gasteiger charge is -2.04. The van der Waals surface area contributed by atoms with Gasteiger partial charge in [-0.05, 0) is 49.7 Å². The fourth-order valence-electron chi connectivity index (χ4n) is 4.03. The first-order valence-electron chi connectivity index (χ1n) is 9.21. The van der Waals surface area contributed by atoms with Crippen molar-refractivity contribution in [3.8, 4) is 22.8 Å². The van der Waals surface area contributed by atoms with Crippen LogP contribution in [0.25, 0.3) is 33.7 Å². The third-order valence-corrected chi connectivity index (χ3v) is 5.40. The maximum Gasteiger partial charge on any atom is 0.304 e. The van der Waals surface area contributed by atoms with E-state index in [1.807, 2.05) is 37.3 Å². The van der Waals surface area contributed by atoms with E-state index in [9.17, 15) is 4.79 Å². The monoisotopic (exact) mass is 374 g/mol. The Morgan fingerprint density at radius 1 is 1.32 bits per heavy atom. The molecule has 4 aromatic rings. The summed E-state index contributed by atoms with van der Waals surface area (Å²) in [4.78, 5) is 19.9. The molecule has 7 nitrogen and oxygen atoms in total. The highest BCUT2D eigenvalue weighted by molar-refractivity contribution is 5.86. The van der Waals surface area contributed by atoms with Crippen LogP contribution in [0.3, 0.4) is 0 Å². The average Bonchev–Trinajstić information content (AvgIpc) is 3.38. The molecule has 7 heteroatoms. The number of aryl methyl sites for hydroxylation is 2. The minimum atomic E-state index is -0.755. The zero-order chi connectivity index (χ0) is 19.3. The van der Waals surface area contributed by atoms with Gasteiger partial charge in [0.25, 0.3) is 5.89 Å². The Morgan fingerprint density at radius 2 is 2.21 bits per heavy atom. The van der Waals surface area contributed by atoms with Gasteiger partial charge in [0, 0.05) is 46.5 Å². The van der Waals surface area contributed by atoms with Gasteiger partial charge in [0.05, 0.1) is 12.0 Å². The van der Waals surface area contributed by atoms with Crippen LogP contribution < -0.4 is 0 Å². The lowest BCUT2D eigenvalue weighted by atomic mass is 10.0. The highest BCUT2D eigenvalue weighted by Gasteiger charge is 2.27. The summed E-state index contributed by atoms with van der Waals surface area (Å²) in [6.07, 6.45) is 2.77. The molecular formula is C21H18N4O3. The van der Waals surface area contributed by atoms with Gasteiger partial charge in [0.1, 0.15) is 0 Å². The van der Waals surface area contributed by atoms with Crippen molar-refractivity contribution in [3.63, 3.8) is 0 Å². The molecule has 0 radical (unpaired) electrons. The van der Waals surface area contributed by atoms with E-state index in [2.05, 4.69) is 25.8 Å². The van der Waals surface area contributed by atoms with Gasteiger partial charge in [-0.3, -0.25) is 9.78 Å². The molecule has 28 heavy (non-hydrogen) atoms. The van der Waals surface area contributed by atoms with Crippen LogP contribution in [0.4, 0.5) is 0 Å². The van der Waals surface area contributed by atoms with Crippen molar-refractivity contribution < 1.29 is 14.4 Å². The number of fused-ring (bicyclic) bond motifs is 3. The van der Waals surface area contributed by atoms with Crippen LogP contribution in [0.1, 0.15) is 30.1 Å². The van der Waals surface area contributed by atoms with E-state index in [0.29, 0.717) is 11.7 Å². The van der Waals surface area contributed by atoms with Crippen molar-refractivity contribution in [2.24, 2.45) is 0 Å². The first kappa shape index (κ1) is 16.7. The normalized spacial score (nSPS) is 15.8. The maximum atomic E-state index is 11.1. The summed E-state index contributed by atoms with van der Waals surface area (Å²) in [5, 5.41) is 14.3. The predicted octanol–water partition coefficient (Wildman–Crippen LogP) is 4.02. The van der Waals surface area contributed by atoms with Crippen LogP contribution in [-0.2, 0) is 11.3 Å². The van der Waals surface area contributed by atoms with Crippen LogP contribution in [0, 0.1) is 6.92 Å². The van der Waals surface area contributed by atoms with E-state index in [1.165, 1.54) is 0 Å². The summed E-state index contributed by atoms with van der Waals surface area (Å²) in [6.45, 7) is 2.75. The zero-order valence-electron chi connectivity index (χ0n) is 15.3. The van der Waals surface area contributed by atoms with Crippen molar-refractivity contribution >= 4 is 16.9 Å². The maximum absolute atomic E-state index is 11.1. The average molecular weight is 374 g/mol. The predicted molar refractivity (Wildman–Crippen MR) is 103 cm³/mol. The first-order valence-corrected chi connectivity index (χ1v) is 9.21. The van der Waals surface area contributed by atoms with E-state index in [1.54, 1.807) is 6.20 Å². The standard InChI is InChI=1S/C21H18N4O3/c1-12-16(3-2-7-22-12)21-23-20(24-28-21)14-4-5-17-15(9-14)10-18-13(11-19(26)27)6-8-25(17)18/h2-5,7,9-10,13H,6,8,11H2,1H3,(H,26,27)/t13-/m0/s1. The number of carboxylic acids is 1. The molecule has 1 aliphatic heterocycles. The lowest BCUT2D eigenvalue weighted by Crippen LogP contribution is -2.02. The molecule has 0 saturated carbocycles. The number of aromatic nitrogens is 4. The van der Waals surface area contributed by atoms with Gasteiger partial charge in [0.15, 0.2) is 0 Å². The number of nitrogens with zero attached hydrogens (tertiary/aromatic N) is 4. The van der Waals surface area contributed by atoms with Crippen molar-refractivity contribution in [1.29, 1.82) is 0 Å². The number of pyridine rings is 1. The second-order valence-corrected chi connectivity index (χ2v) is 7.14. The van der Waals surface area contributed by atoms with E-state index < -0.39 is 5.97 Å². The molecule has 0 spiro atoms. The zero-order valence-corrected chi connectivity index (χ0v) is 15.3. The van der Waals surface area contributed by atoms with Crippen molar-refractivity contribution in [2.45, 2.75) is 32.2 Å².